The summed E-state index contributed by atoms with van der Waals surface area (Å²) in [6.45, 7) is 4.31. The summed E-state index contributed by atoms with van der Waals surface area (Å²) in [5.74, 6) is 0.484. The third-order valence-electron chi connectivity index (χ3n) is 4.39. The normalized spacial score (nSPS) is 12.0. The van der Waals surface area contributed by atoms with E-state index >= 15 is 0 Å². The number of hydrogen-bond donors (Lipinski definition) is 1. The molecule has 130 valence electrons. The van der Waals surface area contributed by atoms with Gasteiger partial charge >= 0.3 is 0 Å². The fourth-order valence-corrected chi connectivity index (χ4v) is 3.26. The van der Waals surface area contributed by atoms with Gasteiger partial charge in [-0.25, -0.2) is 4.98 Å². The minimum Gasteiger partial charge on any atom is -0.349 e. The zero-order valence-electron chi connectivity index (χ0n) is 14.4. The van der Waals surface area contributed by atoms with Crippen molar-refractivity contribution in [1.29, 1.82) is 0 Å². The first-order valence-corrected chi connectivity index (χ1v) is 9.15. The lowest BCUT2D eigenvalue weighted by molar-refractivity contribution is 0.815. The molecule has 0 bridgehead atoms. The van der Waals surface area contributed by atoms with E-state index in [1.165, 1.54) is 16.6 Å². The number of hydrogen-bond acceptors (Lipinski definition) is 3. The highest BCUT2D eigenvalue weighted by atomic mass is 79.9. The number of aromatic amines is 1. The average Bonchev–Trinajstić information content (AvgIpc) is 3.00. The number of benzene rings is 2. The molecule has 4 aromatic rings. The molecule has 6 heteroatoms. The maximum Gasteiger partial charge on any atom is 0.298 e. The molecule has 0 radical (unpaired) electrons. The lowest BCUT2D eigenvalue weighted by atomic mass is 10.0. The highest BCUT2D eigenvalue weighted by Crippen LogP contribution is 2.24. The van der Waals surface area contributed by atoms with E-state index in [1.54, 1.807) is 6.21 Å². The first kappa shape index (κ1) is 16.7. The smallest absolute Gasteiger partial charge is 0.298 e. The molecule has 4 rings (SSSR count). The Morgan fingerprint density at radius 1 is 1.19 bits per heavy atom. The second kappa shape index (κ2) is 6.53. The van der Waals surface area contributed by atoms with Crippen LogP contribution in [0.15, 0.2) is 63.2 Å². The second-order valence-corrected chi connectivity index (χ2v) is 7.41. The van der Waals surface area contributed by atoms with Gasteiger partial charge in [-0.1, -0.05) is 54.0 Å². The molecule has 26 heavy (non-hydrogen) atoms. The Morgan fingerprint density at radius 2 is 1.96 bits per heavy atom. The third-order valence-corrected chi connectivity index (χ3v) is 4.88. The van der Waals surface area contributed by atoms with E-state index in [0.29, 0.717) is 17.0 Å². The van der Waals surface area contributed by atoms with Crippen molar-refractivity contribution in [2.75, 3.05) is 0 Å². The summed E-state index contributed by atoms with van der Waals surface area (Å²) in [6.07, 6.45) is 3.12. The molecule has 2 aromatic heterocycles. The van der Waals surface area contributed by atoms with Crippen LogP contribution in [0.3, 0.4) is 0 Å². The van der Waals surface area contributed by atoms with Crippen LogP contribution in [0.4, 0.5) is 0 Å². The fraction of sp³-hybridized carbons (Fsp3) is 0.150. The minimum atomic E-state index is -0.225. The molecule has 0 aliphatic rings. The van der Waals surface area contributed by atoms with Crippen molar-refractivity contribution in [3.05, 3.63) is 74.7 Å². The maximum absolute atomic E-state index is 12.7. The number of nitrogens with one attached hydrogen (secondary N) is 1. The Bertz CT molecular complexity index is 1190. The molecule has 0 aliphatic carbocycles. The van der Waals surface area contributed by atoms with E-state index in [0.717, 1.165) is 20.9 Å². The van der Waals surface area contributed by atoms with Gasteiger partial charge in [0, 0.05) is 15.4 Å². The molecule has 0 saturated carbocycles. The minimum absolute atomic E-state index is 0.225. The van der Waals surface area contributed by atoms with Gasteiger partial charge in [0.2, 0.25) is 0 Å². The van der Waals surface area contributed by atoms with Crippen molar-refractivity contribution >= 4 is 44.1 Å². The second-order valence-electron chi connectivity index (χ2n) is 6.50. The zero-order valence-corrected chi connectivity index (χ0v) is 16.0. The van der Waals surface area contributed by atoms with Crippen molar-refractivity contribution in [3.63, 3.8) is 0 Å². The van der Waals surface area contributed by atoms with Crippen LogP contribution in [0.5, 0.6) is 0 Å². The summed E-state index contributed by atoms with van der Waals surface area (Å²) in [7, 11) is 0. The molecule has 0 fully saturated rings. The SMILES string of the molecule is CC(C)c1ccc(/C=N\n2cnc3c([nH]c4ccc(Br)cc43)c2=O)cc1. The van der Waals surface area contributed by atoms with E-state index in [9.17, 15) is 4.79 Å². The third kappa shape index (κ3) is 2.97. The predicted molar refractivity (Wildman–Crippen MR) is 109 cm³/mol. The van der Waals surface area contributed by atoms with E-state index in [2.05, 4.69) is 57.0 Å². The van der Waals surface area contributed by atoms with Crippen LogP contribution in [0, 0.1) is 0 Å². The maximum atomic E-state index is 12.7. The summed E-state index contributed by atoms with van der Waals surface area (Å²) in [4.78, 5) is 20.3. The quantitative estimate of drug-likeness (QED) is 0.501. The van der Waals surface area contributed by atoms with Gasteiger partial charge in [-0.2, -0.15) is 9.78 Å². The summed E-state index contributed by atoms with van der Waals surface area (Å²) >= 11 is 3.45. The van der Waals surface area contributed by atoms with Crippen LogP contribution in [0.25, 0.3) is 21.9 Å². The van der Waals surface area contributed by atoms with E-state index in [1.807, 2.05) is 30.3 Å². The van der Waals surface area contributed by atoms with Gasteiger partial charge in [0.05, 0.1) is 6.21 Å². The van der Waals surface area contributed by atoms with Crippen LogP contribution in [-0.2, 0) is 0 Å². The van der Waals surface area contributed by atoms with Crippen molar-refractivity contribution in [2.24, 2.45) is 5.10 Å². The fourth-order valence-electron chi connectivity index (χ4n) is 2.90. The molecule has 0 atom stereocenters. The lowest BCUT2D eigenvalue weighted by Gasteiger charge is -2.04. The van der Waals surface area contributed by atoms with Crippen LogP contribution < -0.4 is 5.56 Å². The van der Waals surface area contributed by atoms with Crippen LogP contribution >= 0.6 is 15.9 Å². The molecule has 0 unspecified atom stereocenters. The van der Waals surface area contributed by atoms with Gasteiger partial charge in [0.1, 0.15) is 17.4 Å². The Balaban J connectivity index is 1.74. The predicted octanol–water partition coefficient (Wildman–Crippen LogP) is 4.65. The molecule has 0 saturated heterocycles. The molecule has 1 N–H and O–H groups in total. The summed E-state index contributed by atoms with van der Waals surface area (Å²) in [5.41, 5.74) is 3.96. The van der Waals surface area contributed by atoms with Gasteiger partial charge < -0.3 is 4.98 Å². The van der Waals surface area contributed by atoms with Gasteiger partial charge in [0.25, 0.3) is 5.56 Å². The van der Waals surface area contributed by atoms with E-state index in [4.69, 9.17) is 0 Å². The summed E-state index contributed by atoms with van der Waals surface area (Å²) in [6, 6.07) is 13.9. The van der Waals surface area contributed by atoms with Crippen molar-refractivity contribution in [1.82, 2.24) is 14.6 Å². The Hall–Kier alpha value is -2.73. The molecule has 0 amide bonds. The van der Waals surface area contributed by atoms with Gasteiger partial charge in [-0.15, -0.1) is 0 Å². The number of halogens is 1. The molecule has 2 aromatic carbocycles. The molecular formula is C20H17BrN4O. The molecule has 0 spiro atoms. The number of aromatic nitrogens is 3. The molecular weight excluding hydrogens is 392 g/mol. The first-order valence-electron chi connectivity index (χ1n) is 8.36. The standard InChI is InChI=1S/C20H17BrN4O/c1-12(2)14-5-3-13(4-6-14)10-23-25-11-22-18-16-9-15(21)7-8-17(16)24-19(18)20(25)26/h3-12,24H,1-2H3/b23-10-. The largest absolute Gasteiger partial charge is 0.349 e. The number of nitrogens with zero attached hydrogens (tertiary/aromatic N) is 3. The molecule has 5 nitrogen and oxygen atoms in total. The van der Waals surface area contributed by atoms with E-state index < -0.39 is 0 Å². The lowest BCUT2D eigenvalue weighted by Crippen LogP contribution is -2.17. The first-order chi connectivity index (χ1) is 12.5. The zero-order chi connectivity index (χ0) is 18.3. The summed E-state index contributed by atoms with van der Waals surface area (Å²) in [5, 5.41) is 5.18. The monoisotopic (exact) mass is 408 g/mol. The highest BCUT2D eigenvalue weighted by Gasteiger charge is 2.10. The van der Waals surface area contributed by atoms with Crippen LogP contribution in [-0.4, -0.2) is 20.9 Å². The van der Waals surface area contributed by atoms with Crippen molar-refractivity contribution < 1.29 is 0 Å². The van der Waals surface area contributed by atoms with Crippen molar-refractivity contribution in [2.45, 2.75) is 19.8 Å². The highest BCUT2D eigenvalue weighted by molar-refractivity contribution is 9.10. The van der Waals surface area contributed by atoms with Gasteiger partial charge in [-0.3, -0.25) is 4.79 Å². The Kier molecular flexibility index (Phi) is 4.20. The Labute approximate surface area is 158 Å². The molecule has 2 heterocycles. The average molecular weight is 409 g/mol. The van der Waals surface area contributed by atoms with Gasteiger partial charge in [-0.05, 0) is 35.2 Å². The summed E-state index contributed by atoms with van der Waals surface area (Å²) < 4.78 is 2.20. The number of rotatable bonds is 3. The van der Waals surface area contributed by atoms with Crippen LogP contribution in [0.2, 0.25) is 0 Å². The Morgan fingerprint density at radius 3 is 2.69 bits per heavy atom. The van der Waals surface area contributed by atoms with Crippen LogP contribution in [0.1, 0.15) is 30.9 Å². The van der Waals surface area contributed by atoms with Crippen molar-refractivity contribution in [3.8, 4) is 0 Å². The number of H-pyrrole nitrogens is 1. The van der Waals surface area contributed by atoms with Gasteiger partial charge in [0.15, 0.2) is 0 Å². The number of fused-ring (bicyclic) bond motifs is 3. The topological polar surface area (TPSA) is 63.0 Å². The van der Waals surface area contributed by atoms with E-state index in [-0.39, 0.29) is 5.56 Å². The molecule has 0 aliphatic heterocycles.